The predicted octanol–water partition coefficient (Wildman–Crippen LogP) is 2.82. The molecule has 0 spiro atoms. The van der Waals surface area contributed by atoms with Crippen molar-refractivity contribution in [3.8, 4) is 22.6 Å². The molecule has 1 saturated heterocycles. The lowest BCUT2D eigenvalue weighted by Gasteiger charge is -2.29. The Kier molecular flexibility index (Phi) is 7.08. The van der Waals surface area contributed by atoms with Gasteiger partial charge in [0, 0.05) is 30.3 Å². The van der Waals surface area contributed by atoms with E-state index in [1.54, 1.807) is 30.3 Å². The van der Waals surface area contributed by atoms with Gasteiger partial charge in [-0.25, -0.2) is 5.14 Å². The standard InChI is InChI=1S/C20H23F2N3O5S/c1-29-16-5-2-13(3-6-16)17-12-15(4-7-18(17)30-20(21)22)24-19(26)14-8-10-25(11-9-14)31(23,27)28/h2-7,12,14,20H,8-11H2,1H3,(H,24,26)(H2,23,27,28). The highest BCUT2D eigenvalue weighted by molar-refractivity contribution is 7.86. The van der Waals surface area contributed by atoms with Crippen molar-refractivity contribution in [3.05, 3.63) is 42.5 Å². The van der Waals surface area contributed by atoms with E-state index in [0.717, 1.165) is 4.31 Å². The zero-order valence-electron chi connectivity index (χ0n) is 16.8. The number of anilines is 1. The molecular formula is C20H23F2N3O5S. The lowest BCUT2D eigenvalue weighted by Crippen LogP contribution is -2.44. The number of ether oxygens (including phenoxy) is 2. The molecule has 3 N–H and O–H groups in total. The molecule has 0 aliphatic carbocycles. The number of halogens is 2. The van der Waals surface area contributed by atoms with Gasteiger partial charge in [-0.2, -0.15) is 21.5 Å². The fraction of sp³-hybridized carbons (Fsp3) is 0.350. The third-order valence-electron chi connectivity index (χ3n) is 5.05. The Morgan fingerprint density at radius 1 is 1.16 bits per heavy atom. The van der Waals surface area contributed by atoms with Gasteiger partial charge in [0.2, 0.25) is 5.91 Å². The van der Waals surface area contributed by atoms with Gasteiger partial charge in [0.05, 0.1) is 7.11 Å². The van der Waals surface area contributed by atoms with Gasteiger partial charge in [-0.15, -0.1) is 0 Å². The Labute approximate surface area is 179 Å². The minimum Gasteiger partial charge on any atom is -0.497 e. The molecule has 2 aromatic rings. The number of nitrogens with one attached hydrogen (secondary N) is 1. The van der Waals surface area contributed by atoms with Crippen molar-refractivity contribution in [2.75, 3.05) is 25.5 Å². The number of piperidine rings is 1. The minimum atomic E-state index is -3.77. The number of amides is 1. The summed E-state index contributed by atoms with van der Waals surface area (Å²) in [5, 5.41) is 7.89. The molecule has 0 bridgehead atoms. The summed E-state index contributed by atoms with van der Waals surface area (Å²) in [5.41, 5.74) is 1.39. The van der Waals surface area contributed by atoms with Gasteiger partial charge in [-0.3, -0.25) is 4.79 Å². The Morgan fingerprint density at radius 3 is 2.35 bits per heavy atom. The first-order valence-electron chi connectivity index (χ1n) is 9.49. The molecule has 8 nitrogen and oxygen atoms in total. The van der Waals surface area contributed by atoms with Crippen molar-refractivity contribution in [1.29, 1.82) is 0 Å². The number of carbonyl (C=O) groups is 1. The number of rotatable bonds is 7. The average molecular weight is 455 g/mol. The molecule has 31 heavy (non-hydrogen) atoms. The first kappa shape index (κ1) is 22.9. The molecule has 168 valence electrons. The smallest absolute Gasteiger partial charge is 0.387 e. The van der Waals surface area contributed by atoms with Crippen LogP contribution in [0, 0.1) is 5.92 Å². The maximum Gasteiger partial charge on any atom is 0.387 e. The molecule has 1 aliphatic rings. The monoisotopic (exact) mass is 455 g/mol. The SMILES string of the molecule is COc1ccc(-c2cc(NC(=O)C3CCN(S(N)(=O)=O)CC3)ccc2OC(F)F)cc1. The minimum absolute atomic E-state index is 0.0281. The lowest BCUT2D eigenvalue weighted by atomic mass is 9.97. The summed E-state index contributed by atoms with van der Waals surface area (Å²) >= 11 is 0. The molecule has 1 amide bonds. The van der Waals surface area contributed by atoms with Crippen LogP contribution in [0.5, 0.6) is 11.5 Å². The van der Waals surface area contributed by atoms with E-state index < -0.39 is 16.8 Å². The maximum atomic E-state index is 12.8. The highest BCUT2D eigenvalue weighted by atomic mass is 32.2. The topological polar surface area (TPSA) is 111 Å². The molecule has 0 radical (unpaired) electrons. The van der Waals surface area contributed by atoms with Crippen LogP contribution in [0.4, 0.5) is 14.5 Å². The van der Waals surface area contributed by atoms with E-state index in [1.165, 1.54) is 19.2 Å². The van der Waals surface area contributed by atoms with Crippen molar-refractivity contribution in [3.63, 3.8) is 0 Å². The molecule has 1 fully saturated rings. The molecule has 1 heterocycles. The number of nitrogens with two attached hydrogens (primary N) is 1. The molecular weight excluding hydrogens is 432 g/mol. The van der Waals surface area contributed by atoms with Gasteiger partial charge in [0.15, 0.2) is 0 Å². The Bertz CT molecular complexity index is 1020. The van der Waals surface area contributed by atoms with Crippen molar-refractivity contribution in [2.24, 2.45) is 11.1 Å². The molecule has 1 aliphatic heterocycles. The van der Waals surface area contributed by atoms with Gasteiger partial charge < -0.3 is 14.8 Å². The van der Waals surface area contributed by atoms with Crippen LogP contribution in [0.25, 0.3) is 11.1 Å². The summed E-state index contributed by atoms with van der Waals surface area (Å²) in [6, 6.07) is 11.2. The fourth-order valence-corrected chi connectivity index (χ4v) is 4.14. The predicted molar refractivity (Wildman–Crippen MR) is 111 cm³/mol. The highest BCUT2D eigenvalue weighted by Gasteiger charge is 2.29. The first-order valence-corrected chi connectivity index (χ1v) is 11.0. The summed E-state index contributed by atoms with van der Waals surface area (Å²) in [6.45, 7) is -2.67. The average Bonchev–Trinajstić information content (AvgIpc) is 2.74. The quantitative estimate of drug-likeness (QED) is 0.667. The van der Waals surface area contributed by atoms with Gasteiger partial charge in [0.1, 0.15) is 11.5 Å². The van der Waals surface area contributed by atoms with E-state index in [9.17, 15) is 22.0 Å². The van der Waals surface area contributed by atoms with Gasteiger partial charge >= 0.3 is 6.61 Å². The zero-order valence-corrected chi connectivity index (χ0v) is 17.6. The molecule has 0 aromatic heterocycles. The summed E-state index contributed by atoms with van der Waals surface area (Å²) in [4.78, 5) is 12.6. The van der Waals surface area contributed by atoms with E-state index in [0.29, 0.717) is 35.4 Å². The van der Waals surface area contributed by atoms with Crippen molar-refractivity contribution >= 4 is 21.8 Å². The van der Waals surface area contributed by atoms with Crippen molar-refractivity contribution < 1.29 is 31.5 Å². The third-order valence-corrected chi connectivity index (χ3v) is 6.13. The number of alkyl halides is 2. The number of nitrogens with zero attached hydrogens (tertiary/aromatic N) is 1. The van der Waals surface area contributed by atoms with E-state index in [4.69, 9.17) is 9.88 Å². The van der Waals surface area contributed by atoms with Gasteiger partial charge in [-0.1, -0.05) is 12.1 Å². The number of hydrogen-bond donors (Lipinski definition) is 2. The fourth-order valence-electron chi connectivity index (χ4n) is 3.42. The van der Waals surface area contributed by atoms with E-state index in [-0.39, 0.29) is 30.7 Å². The van der Waals surface area contributed by atoms with Crippen LogP contribution in [0.3, 0.4) is 0 Å². The number of hydrogen-bond acceptors (Lipinski definition) is 5. The van der Waals surface area contributed by atoms with E-state index >= 15 is 0 Å². The second-order valence-electron chi connectivity index (χ2n) is 7.03. The van der Waals surface area contributed by atoms with Gasteiger partial charge in [-0.05, 0) is 48.7 Å². The molecule has 2 aromatic carbocycles. The summed E-state index contributed by atoms with van der Waals surface area (Å²) in [5.74, 6) is -0.0910. The van der Waals surface area contributed by atoms with Crippen molar-refractivity contribution in [2.45, 2.75) is 19.5 Å². The number of benzene rings is 2. The molecule has 0 saturated carbocycles. The van der Waals surface area contributed by atoms with Crippen LogP contribution in [0.2, 0.25) is 0 Å². The highest BCUT2D eigenvalue weighted by Crippen LogP contribution is 2.35. The summed E-state index contributed by atoms with van der Waals surface area (Å²) in [7, 11) is -2.25. The first-order chi connectivity index (χ1) is 14.7. The number of methoxy groups -OCH3 is 1. The Morgan fingerprint density at radius 2 is 1.81 bits per heavy atom. The van der Waals surface area contributed by atoms with E-state index in [1.807, 2.05) is 0 Å². The van der Waals surface area contributed by atoms with Crippen LogP contribution in [0.15, 0.2) is 42.5 Å². The second kappa shape index (κ2) is 9.58. The van der Waals surface area contributed by atoms with Crippen LogP contribution >= 0.6 is 0 Å². The molecule has 0 unspecified atom stereocenters. The third kappa shape index (κ3) is 5.90. The lowest BCUT2D eigenvalue weighted by molar-refractivity contribution is -0.120. The van der Waals surface area contributed by atoms with Crippen LogP contribution in [-0.4, -0.2) is 45.4 Å². The largest absolute Gasteiger partial charge is 0.497 e. The van der Waals surface area contributed by atoms with Gasteiger partial charge in [0.25, 0.3) is 10.2 Å². The Hall–Kier alpha value is -2.76. The normalized spacial score (nSPS) is 15.6. The molecule has 0 atom stereocenters. The maximum absolute atomic E-state index is 12.8. The zero-order chi connectivity index (χ0) is 22.6. The Balaban J connectivity index is 1.78. The second-order valence-corrected chi connectivity index (χ2v) is 8.57. The molecule has 3 rings (SSSR count). The van der Waals surface area contributed by atoms with Crippen LogP contribution < -0.4 is 19.9 Å². The molecule has 11 heteroatoms. The van der Waals surface area contributed by atoms with E-state index in [2.05, 4.69) is 10.1 Å². The van der Waals surface area contributed by atoms with Crippen molar-refractivity contribution in [1.82, 2.24) is 4.31 Å². The summed E-state index contributed by atoms with van der Waals surface area (Å²) in [6.07, 6.45) is 0.667. The number of carbonyl (C=O) groups excluding carboxylic acids is 1. The van der Waals surface area contributed by atoms with Crippen LogP contribution in [0.1, 0.15) is 12.8 Å². The summed E-state index contributed by atoms with van der Waals surface area (Å²) < 4.78 is 59.4. The van der Waals surface area contributed by atoms with Crippen LogP contribution in [-0.2, 0) is 15.0 Å².